The van der Waals surface area contributed by atoms with E-state index in [9.17, 15) is 4.79 Å². The SMILES string of the molecule is C=CCOc1ccc(CN(CCCO)C(=O)OC(C)(C)C)cc1. The third kappa shape index (κ3) is 7.70. The van der Waals surface area contributed by atoms with Crippen molar-refractivity contribution >= 4 is 6.09 Å². The molecule has 0 aliphatic heterocycles. The highest BCUT2D eigenvalue weighted by atomic mass is 16.6. The van der Waals surface area contributed by atoms with E-state index >= 15 is 0 Å². The molecule has 1 aromatic rings. The normalized spacial score (nSPS) is 11.0. The first-order chi connectivity index (χ1) is 10.9. The van der Waals surface area contributed by atoms with Crippen LogP contribution in [-0.4, -0.2) is 41.5 Å². The van der Waals surface area contributed by atoms with Gasteiger partial charge in [0.1, 0.15) is 18.0 Å². The molecule has 0 heterocycles. The van der Waals surface area contributed by atoms with Gasteiger partial charge >= 0.3 is 6.09 Å². The molecule has 0 aliphatic rings. The lowest BCUT2D eigenvalue weighted by molar-refractivity contribution is 0.0224. The Bertz CT molecular complexity index is 491. The van der Waals surface area contributed by atoms with Crippen LogP contribution in [0.3, 0.4) is 0 Å². The Kier molecular flexibility index (Phi) is 7.62. The van der Waals surface area contributed by atoms with Gasteiger partial charge in [0.05, 0.1) is 0 Å². The van der Waals surface area contributed by atoms with Crippen molar-refractivity contribution in [2.24, 2.45) is 0 Å². The second-order valence-corrected chi connectivity index (χ2v) is 6.22. The number of aliphatic hydroxyl groups excluding tert-OH is 1. The van der Waals surface area contributed by atoms with Crippen LogP contribution in [0.15, 0.2) is 36.9 Å². The van der Waals surface area contributed by atoms with Crippen LogP contribution >= 0.6 is 0 Å². The molecule has 0 aromatic heterocycles. The second-order valence-electron chi connectivity index (χ2n) is 6.22. The Morgan fingerprint density at radius 2 is 1.96 bits per heavy atom. The molecule has 0 aliphatic carbocycles. The van der Waals surface area contributed by atoms with Gasteiger partial charge in [-0.3, -0.25) is 0 Å². The van der Waals surface area contributed by atoms with Gasteiger partial charge in [-0.25, -0.2) is 4.79 Å². The van der Waals surface area contributed by atoms with Gasteiger partial charge in [0.15, 0.2) is 0 Å². The van der Waals surface area contributed by atoms with Gasteiger partial charge in [-0.1, -0.05) is 24.8 Å². The number of aliphatic hydroxyl groups is 1. The minimum Gasteiger partial charge on any atom is -0.490 e. The number of rotatable bonds is 8. The molecule has 0 unspecified atom stereocenters. The highest BCUT2D eigenvalue weighted by molar-refractivity contribution is 5.68. The topological polar surface area (TPSA) is 59.0 Å². The smallest absolute Gasteiger partial charge is 0.410 e. The number of amides is 1. The molecular weight excluding hydrogens is 294 g/mol. The number of carbonyl (C=O) groups is 1. The number of nitrogens with zero attached hydrogens (tertiary/aromatic N) is 1. The predicted octanol–water partition coefficient (Wildman–Crippen LogP) is 3.37. The van der Waals surface area contributed by atoms with Gasteiger partial charge in [-0.2, -0.15) is 0 Å². The Balaban J connectivity index is 2.72. The summed E-state index contributed by atoms with van der Waals surface area (Å²) in [5, 5.41) is 9.01. The molecule has 0 saturated heterocycles. The van der Waals surface area contributed by atoms with Gasteiger partial charge in [-0.05, 0) is 44.9 Å². The number of carbonyl (C=O) groups excluding carboxylic acids is 1. The third-order valence-corrected chi connectivity index (χ3v) is 2.90. The fourth-order valence-corrected chi connectivity index (χ4v) is 1.89. The van der Waals surface area contributed by atoms with E-state index in [1.54, 1.807) is 11.0 Å². The van der Waals surface area contributed by atoms with Crippen LogP contribution in [0.5, 0.6) is 5.75 Å². The summed E-state index contributed by atoms with van der Waals surface area (Å²) in [4.78, 5) is 13.9. The lowest BCUT2D eigenvalue weighted by Crippen LogP contribution is -2.37. The molecule has 23 heavy (non-hydrogen) atoms. The lowest BCUT2D eigenvalue weighted by Gasteiger charge is -2.27. The van der Waals surface area contributed by atoms with Crippen molar-refractivity contribution in [2.75, 3.05) is 19.8 Å². The highest BCUT2D eigenvalue weighted by Crippen LogP contribution is 2.16. The molecule has 0 radical (unpaired) electrons. The summed E-state index contributed by atoms with van der Waals surface area (Å²) in [6.45, 7) is 10.5. The summed E-state index contributed by atoms with van der Waals surface area (Å²) in [6, 6.07) is 7.54. The van der Waals surface area contributed by atoms with Gasteiger partial charge in [0, 0.05) is 19.7 Å². The zero-order valence-electron chi connectivity index (χ0n) is 14.2. The lowest BCUT2D eigenvalue weighted by atomic mass is 10.2. The predicted molar refractivity (Wildman–Crippen MR) is 90.5 cm³/mol. The van der Waals surface area contributed by atoms with E-state index in [4.69, 9.17) is 14.6 Å². The van der Waals surface area contributed by atoms with Crippen molar-refractivity contribution in [3.05, 3.63) is 42.5 Å². The van der Waals surface area contributed by atoms with Gasteiger partial charge in [0.2, 0.25) is 0 Å². The standard InChI is InChI=1S/C18H27NO4/c1-5-13-22-16-9-7-15(8-10-16)14-19(11-6-12-20)17(21)23-18(2,3)4/h5,7-10,20H,1,6,11-14H2,2-4H3. The fourth-order valence-electron chi connectivity index (χ4n) is 1.89. The first kappa shape index (κ1) is 19.0. The Hall–Kier alpha value is -2.01. The molecule has 5 heteroatoms. The van der Waals surface area contributed by atoms with Crippen LogP contribution in [0, 0.1) is 0 Å². The van der Waals surface area contributed by atoms with Crippen molar-refractivity contribution < 1.29 is 19.4 Å². The van der Waals surface area contributed by atoms with Crippen molar-refractivity contribution in [3.8, 4) is 5.75 Å². The number of hydrogen-bond acceptors (Lipinski definition) is 4. The zero-order valence-corrected chi connectivity index (χ0v) is 14.2. The Morgan fingerprint density at radius 1 is 1.30 bits per heavy atom. The van der Waals surface area contributed by atoms with Crippen LogP contribution in [0.4, 0.5) is 4.79 Å². The maximum atomic E-state index is 12.3. The maximum Gasteiger partial charge on any atom is 0.410 e. The van der Waals surface area contributed by atoms with E-state index in [0.717, 1.165) is 11.3 Å². The molecule has 128 valence electrons. The van der Waals surface area contributed by atoms with Crippen LogP contribution in [0.1, 0.15) is 32.8 Å². The maximum absolute atomic E-state index is 12.3. The Morgan fingerprint density at radius 3 is 2.48 bits per heavy atom. The van der Waals surface area contributed by atoms with Crippen molar-refractivity contribution in [1.82, 2.24) is 4.90 Å². The molecule has 0 spiro atoms. The molecular formula is C18H27NO4. The number of benzene rings is 1. The molecule has 5 nitrogen and oxygen atoms in total. The summed E-state index contributed by atoms with van der Waals surface area (Å²) in [7, 11) is 0. The van der Waals surface area contributed by atoms with Crippen LogP contribution in [0.2, 0.25) is 0 Å². The summed E-state index contributed by atoms with van der Waals surface area (Å²) in [6.07, 6.45) is 1.82. The minimum atomic E-state index is -0.545. The first-order valence-electron chi connectivity index (χ1n) is 7.77. The Labute approximate surface area is 138 Å². The molecule has 1 aromatic carbocycles. The average Bonchev–Trinajstić information content (AvgIpc) is 2.48. The fraction of sp³-hybridized carbons (Fsp3) is 0.500. The van der Waals surface area contributed by atoms with E-state index in [0.29, 0.717) is 26.1 Å². The van der Waals surface area contributed by atoms with Gasteiger partial charge in [0.25, 0.3) is 0 Å². The molecule has 0 fully saturated rings. The molecule has 0 bridgehead atoms. The zero-order chi connectivity index (χ0) is 17.3. The van der Waals surface area contributed by atoms with Crippen molar-refractivity contribution in [2.45, 2.75) is 39.3 Å². The monoisotopic (exact) mass is 321 g/mol. The van der Waals surface area contributed by atoms with Crippen molar-refractivity contribution in [3.63, 3.8) is 0 Å². The highest BCUT2D eigenvalue weighted by Gasteiger charge is 2.22. The summed E-state index contributed by atoms with van der Waals surface area (Å²) >= 11 is 0. The van der Waals surface area contributed by atoms with Crippen molar-refractivity contribution in [1.29, 1.82) is 0 Å². The molecule has 0 atom stereocenters. The summed E-state index contributed by atoms with van der Waals surface area (Å²) in [5.74, 6) is 0.757. The summed E-state index contributed by atoms with van der Waals surface area (Å²) in [5.41, 5.74) is 0.427. The van der Waals surface area contributed by atoms with E-state index in [-0.39, 0.29) is 12.7 Å². The first-order valence-corrected chi connectivity index (χ1v) is 7.77. The molecule has 1 amide bonds. The van der Waals surface area contributed by atoms with E-state index < -0.39 is 5.60 Å². The van der Waals surface area contributed by atoms with Crippen LogP contribution in [-0.2, 0) is 11.3 Å². The average molecular weight is 321 g/mol. The molecule has 1 N–H and O–H groups in total. The van der Waals surface area contributed by atoms with E-state index in [1.165, 1.54) is 0 Å². The largest absolute Gasteiger partial charge is 0.490 e. The second kappa shape index (κ2) is 9.20. The molecule has 0 saturated carbocycles. The minimum absolute atomic E-state index is 0.0353. The number of ether oxygens (including phenoxy) is 2. The number of hydrogen-bond donors (Lipinski definition) is 1. The molecule has 1 rings (SSSR count). The summed E-state index contributed by atoms with van der Waals surface area (Å²) < 4.78 is 10.9. The third-order valence-electron chi connectivity index (χ3n) is 2.90. The van der Waals surface area contributed by atoms with Crippen LogP contribution in [0.25, 0.3) is 0 Å². The van der Waals surface area contributed by atoms with E-state index in [1.807, 2.05) is 45.0 Å². The van der Waals surface area contributed by atoms with Crippen LogP contribution < -0.4 is 4.74 Å². The van der Waals surface area contributed by atoms with E-state index in [2.05, 4.69) is 6.58 Å². The quantitative estimate of drug-likeness (QED) is 0.746. The van der Waals surface area contributed by atoms with Gasteiger partial charge < -0.3 is 19.5 Å². The van der Waals surface area contributed by atoms with Gasteiger partial charge in [-0.15, -0.1) is 0 Å².